The van der Waals surface area contributed by atoms with Crippen molar-refractivity contribution in [3.05, 3.63) is 40.0 Å². The molecule has 0 bridgehead atoms. The van der Waals surface area contributed by atoms with E-state index in [1.54, 1.807) is 13.0 Å². The summed E-state index contributed by atoms with van der Waals surface area (Å²) in [4.78, 5) is 14.3. The lowest BCUT2D eigenvalue weighted by Crippen LogP contribution is -2.08. The molecule has 0 aliphatic rings. The number of nitro benzene ring substituents is 1. The molecule has 2 rings (SSSR count). The van der Waals surface area contributed by atoms with Crippen LogP contribution >= 0.6 is 0 Å². The molecule has 100 valence electrons. The number of anilines is 2. The molecule has 0 radical (unpaired) electrons. The summed E-state index contributed by atoms with van der Waals surface area (Å²) in [7, 11) is 0. The van der Waals surface area contributed by atoms with Crippen LogP contribution in [-0.2, 0) is 6.54 Å². The van der Waals surface area contributed by atoms with Crippen molar-refractivity contribution in [1.82, 2.24) is 10.1 Å². The SMILES string of the molecule is Cc1noc(CNc2cc(NN)cc([N+](=O)[O-])c2)n1. The number of nitro groups is 1. The van der Waals surface area contributed by atoms with Gasteiger partial charge < -0.3 is 15.3 Å². The maximum Gasteiger partial charge on any atom is 0.273 e. The smallest absolute Gasteiger partial charge is 0.273 e. The number of non-ortho nitro benzene ring substituents is 1. The van der Waals surface area contributed by atoms with E-state index < -0.39 is 4.92 Å². The summed E-state index contributed by atoms with van der Waals surface area (Å²) in [6.07, 6.45) is 0. The normalized spacial score (nSPS) is 10.2. The fourth-order valence-electron chi connectivity index (χ4n) is 1.49. The predicted octanol–water partition coefficient (Wildman–Crippen LogP) is 1.18. The minimum absolute atomic E-state index is 0.0698. The molecule has 0 amide bonds. The topological polar surface area (TPSA) is 132 Å². The van der Waals surface area contributed by atoms with Crippen molar-refractivity contribution in [2.24, 2.45) is 5.84 Å². The first-order valence-electron chi connectivity index (χ1n) is 5.37. The molecule has 2 aromatic rings. The quantitative estimate of drug-likeness (QED) is 0.416. The maximum absolute atomic E-state index is 10.8. The molecule has 0 saturated carbocycles. The Morgan fingerprint density at radius 3 is 2.74 bits per heavy atom. The second kappa shape index (κ2) is 5.31. The zero-order chi connectivity index (χ0) is 13.8. The van der Waals surface area contributed by atoms with E-state index in [1.807, 2.05) is 0 Å². The molecule has 0 aliphatic carbocycles. The number of aryl methyl sites for hydroxylation is 1. The molecule has 0 unspecified atom stereocenters. The Kier molecular flexibility index (Phi) is 3.57. The van der Waals surface area contributed by atoms with Gasteiger partial charge in [0.25, 0.3) is 5.69 Å². The fraction of sp³-hybridized carbons (Fsp3) is 0.200. The minimum atomic E-state index is -0.497. The Labute approximate surface area is 107 Å². The van der Waals surface area contributed by atoms with Crippen LogP contribution in [0, 0.1) is 17.0 Å². The van der Waals surface area contributed by atoms with Gasteiger partial charge in [-0.15, -0.1) is 0 Å². The first-order valence-corrected chi connectivity index (χ1v) is 5.37. The van der Waals surface area contributed by atoms with Crippen molar-refractivity contribution < 1.29 is 9.45 Å². The number of hydrogen-bond donors (Lipinski definition) is 3. The van der Waals surface area contributed by atoms with E-state index in [0.29, 0.717) is 23.1 Å². The first kappa shape index (κ1) is 12.8. The first-order chi connectivity index (χ1) is 9.08. The highest BCUT2D eigenvalue weighted by atomic mass is 16.6. The number of nitrogens with one attached hydrogen (secondary N) is 2. The average Bonchev–Trinajstić information content (AvgIpc) is 2.81. The number of hydrazine groups is 1. The molecule has 4 N–H and O–H groups in total. The number of nitrogens with zero attached hydrogens (tertiary/aromatic N) is 3. The average molecular weight is 264 g/mol. The largest absolute Gasteiger partial charge is 0.376 e. The van der Waals surface area contributed by atoms with Gasteiger partial charge in [0, 0.05) is 17.8 Å². The van der Waals surface area contributed by atoms with Crippen molar-refractivity contribution in [3.63, 3.8) is 0 Å². The summed E-state index contributed by atoms with van der Waals surface area (Å²) in [6.45, 7) is 1.98. The molecule has 1 aromatic heterocycles. The van der Waals surface area contributed by atoms with Crippen LogP contribution in [0.3, 0.4) is 0 Å². The number of rotatable bonds is 5. The zero-order valence-corrected chi connectivity index (χ0v) is 10.1. The van der Waals surface area contributed by atoms with Crippen LogP contribution < -0.4 is 16.6 Å². The van der Waals surface area contributed by atoms with E-state index in [0.717, 1.165) is 0 Å². The number of hydrogen-bond acceptors (Lipinski definition) is 8. The minimum Gasteiger partial charge on any atom is -0.376 e. The molecule has 0 fully saturated rings. The third-order valence-electron chi connectivity index (χ3n) is 2.31. The van der Waals surface area contributed by atoms with Crippen LogP contribution in [-0.4, -0.2) is 15.1 Å². The molecule has 0 aliphatic heterocycles. The van der Waals surface area contributed by atoms with E-state index >= 15 is 0 Å². The summed E-state index contributed by atoms with van der Waals surface area (Å²) in [5.74, 6) is 6.18. The van der Waals surface area contributed by atoms with Gasteiger partial charge in [0.05, 0.1) is 17.2 Å². The third-order valence-corrected chi connectivity index (χ3v) is 2.31. The molecule has 9 nitrogen and oxygen atoms in total. The summed E-state index contributed by atoms with van der Waals surface area (Å²) >= 11 is 0. The lowest BCUT2D eigenvalue weighted by Gasteiger charge is -2.06. The number of aromatic nitrogens is 2. The van der Waals surface area contributed by atoms with Crippen LogP contribution in [0.15, 0.2) is 22.7 Å². The van der Waals surface area contributed by atoms with E-state index in [1.165, 1.54) is 12.1 Å². The van der Waals surface area contributed by atoms with Gasteiger partial charge in [-0.05, 0) is 13.0 Å². The van der Waals surface area contributed by atoms with Crippen LogP contribution in [0.5, 0.6) is 0 Å². The highest BCUT2D eigenvalue weighted by Crippen LogP contribution is 2.24. The standard InChI is InChI=1S/C10H12N6O3/c1-6-13-10(19-15-6)5-12-7-2-8(14-11)4-9(3-7)16(17)18/h2-4,12,14H,5,11H2,1H3. The maximum atomic E-state index is 10.8. The van der Waals surface area contributed by atoms with Crippen LogP contribution in [0.4, 0.5) is 17.1 Å². The second-order valence-electron chi connectivity index (χ2n) is 3.76. The van der Waals surface area contributed by atoms with Gasteiger partial charge in [-0.3, -0.25) is 16.0 Å². The highest BCUT2D eigenvalue weighted by molar-refractivity contribution is 5.62. The van der Waals surface area contributed by atoms with Crippen LogP contribution in [0.1, 0.15) is 11.7 Å². The summed E-state index contributed by atoms with van der Waals surface area (Å²) in [5, 5.41) is 17.4. The van der Waals surface area contributed by atoms with Crippen LogP contribution in [0.2, 0.25) is 0 Å². The van der Waals surface area contributed by atoms with Gasteiger partial charge >= 0.3 is 0 Å². The molecular formula is C10H12N6O3. The number of benzene rings is 1. The number of nitrogen functional groups attached to an aromatic ring is 1. The van der Waals surface area contributed by atoms with Gasteiger partial charge in [-0.1, -0.05) is 5.16 Å². The Morgan fingerprint density at radius 1 is 1.42 bits per heavy atom. The Balaban J connectivity index is 2.15. The Bertz CT molecular complexity index is 597. The lowest BCUT2D eigenvalue weighted by molar-refractivity contribution is -0.384. The van der Waals surface area contributed by atoms with E-state index in [9.17, 15) is 10.1 Å². The van der Waals surface area contributed by atoms with E-state index in [4.69, 9.17) is 10.4 Å². The summed E-state index contributed by atoms with van der Waals surface area (Å²) in [6, 6.07) is 4.36. The second-order valence-corrected chi connectivity index (χ2v) is 3.76. The van der Waals surface area contributed by atoms with Gasteiger partial charge in [0.15, 0.2) is 5.82 Å². The monoisotopic (exact) mass is 264 g/mol. The highest BCUT2D eigenvalue weighted by Gasteiger charge is 2.10. The Hall–Kier alpha value is -2.68. The lowest BCUT2D eigenvalue weighted by atomic mass is 10.2. The van der Waals surface area contributed by atoms with Gasteiger partial charge in [-0.2, -0.15) is 4.98 Å². The molecular weight excluding hydrogens is 252 g/mol. The number of nitrogens with two attached hydrogens (primary N) is 1. The fourth-order valence-corrected chi connectivity index (χ4v) is 1.49. The molecule has 9 heteroatoms. The Morgan fingerprint density at radius 2 is 2.16 bits per heavy atom. The van der Waals surface area contributed by atoms with E-state index in [-0.39, 0.29) is 12.2 Å². The van der Waals surface area contributed by atoms with Crippen molar-refractivity contribution in [2.45, 2.75) is 13.5 Å². The molecule has 19 heavy (non-hydrogen) atoms. The molecule has 1 aromatic carbocycles. The van der Waals surface area contributed by atoms with Crippen molar-refractivity contribution in [1.29, 1.82) is 0 Å². The van der Waals surface area contributed by atoms with Gasteiger partial charge in [0.1, 0.15) is 0 Å². The zero-order valence-electron chi connectivity index (χ0n) is 10.1. The third kappa shape index (κ3) is 3.16. The molecule has 0 spiro atoms. The van der Waals surface area contributed by atoms with Crippen molar-refractivity contribution >= 4 is 17.1 Å². The summed E-state index contributed by atoms with van der Waals surface area (Å²) in [5.41, 5.74) is 3.25. The van der Waals surface area contributed by atoms with Gasteiger partial charge in [-0.25, -0.2) is 0 Å². The summed E-state index contributed by atoms with van der Waals surface area (Å²) < 4.78 is 4.92. The van der Waals surface area contributed by atoms with Crippen molar-refractivity contribution in [2.75, 3.05) is 10.7 Å². The van der Waals surface area contributed by atoms with Crippen LogP contribution in [0.25, 0.3) is 0 Å². The van der Waals surface area contributed by atoms with E-state index in [2.05, 4.69) is 20.9 Å². The molecule has 0 atom stereocenters. The molecule has 0 saturated heterocycles. The van der Waals surface area contributed by atoms with Crippen molar-refractivity contribution in [3.8, 4) is 0 Å². The van der Waals surface area contributed by atoms with Gasteiger partial charge in [0.2, 0.25) is 5.89 Å². The molecule has 1 heterocycles. The predicted molar refractivity (Wildman–Crippen MR) is 67.3 cm³/mol.